The topological polar surface area (TPSA) is 70.2 Å². The van der Waals surface area contributed by atoms with E-state index in [2.05, 4.69) is 29.8 Å². The van der Waals surface area contributed by atoms with E-state index in [1.807, 2.05) is 11.8 Å². The van der Waals surface area contributed by atoms with Crippen LogP contribution in [0.5, 0.6) is 0 Å². The third kappa shape index (κ3) is 5.76. The number of aromatic nitrogens is 5. The predicted molar refractivity (Wildman–Crippen MR) is 152 cm³/mol. The predicted octanol–water partition coefficient (Wildman–Crippen LogP) is 6.49. The fraction of sp³-hybridized carbons (Fsp3) is 0.444. The van der Waals surface area contributed by atoms with E-state index in [0.717, 1.165) is 12.1 Å². The average molecular weight is 593 g/mol. The minimum absolute atomic E-state index is 0.0303. The Kier molecular flexibility index (Phi) is 7.97. The molecule has 214 valence electrons. The summed E-state index contributed by atoms with van der Waals surface area (Å²) in [5, 5.41) is 9.49. The molecule has 0 bridgehead atoms. The molecule has 0 saturated carbocycles. The Labute approximate surface area is 236 Å². The average Bonchev–Trinajstić information content (AvgIpc) is 3.52. The standard InChI is InChI=1S/C27H32ClF3N6O2Si/c1-18-16-38-12-11-35(18)26-24(28)23(19-7-5-6-8-21(19)27(29,30)31)20-15-33-37(25(20)34-26)22-9-10-32-36(22)17-39-13-14-40(2,3)4/h5-10,15,18H,11-14,16-17H2,1-4H3/t18-/m1/s1. The zero-order chi connectivity index (χ0) is 28.7. The van der Waals surface area contributed by atoms with Crippen LogP contribution in [-0.2, 0) is 22.4 Å². The molecule has 5 rings (SSSR count). The van der Waals surface area contributed by atoms with Gasteiger partial charge in [-0.3, -0.25) is 0 Å². The molecule has 40 heavy (non-hydrogen) atoms. The van der Waals surface area contributed by atoms with Crippen molar-refractivity contribution in [3.63, 3.8) is 0 Å². The maximum atomic E-state index is 14.2. The molecule has 1 fully saturated rings. The lowest BCUT2D eigenvalue weighted by Gasteiger charge is -2.35. The van der Waals surface area contributed by atoms with Gasteiger partial charge in [0.15, 0.2) is 17.3 Å². The molecule has 0 unspecified atom stereocenters. The zero-order valence-corrected chi connectivity index (χ0v) is 24.6. The van der Waals surface area contributed by atoms with Crippen molar-refractivity contribution in [3.8, 4) is 16.9 Å². The highest BCUT2D eigenvalue weighted by Crippen LogP contribution is 2.45. The van der Waals surface area contributed by atoms with Crippen molar-refractivity contribution in [3.05, 3.63) is 53.3 Å². The number of alkyl halides is 3. The van der Waals surface area contributed by atoms with Crippen molar-refractivity contribution in [1.29, 1.82) is 0 Å². The maximum absolute atomic E-state index is 14.2. The van der Waals surface area contributed by atoms with Crippen molar-refractivity contribution in [2.45, 2.75) is 51.6 Å². The summed E-state index contributed by atoms with van der Waals surface area (Å²) in [4.78, 5) is 6.87. The number of morpholine rings is 1. The van der Waals surface area contributed by atoms with E-state index >= 15 is 0 Å². The Morgan fingerprint density at radius 3 is 2.65 bits per heavy atom. The van der Waals surface area contributed by atoms with E-state index in [1.165, 1.54) is 18.3 Å². The molecular weight excluding hydrogens is 561 g/mol. The SMILES string of the molecule is C[C@@H]1COCCN1c1nc2c(cnn2-c2ccnn2COCC[Si](C)(C)C)c(-c2ccccc2C(F)(F)F)c1Cl. The molecule has 1 aromatic carbocycles. The third-order valence-corrected chi connectivity index (χ3v) is 8.97. The summed E-state index contributed by atoms with van der Waals surface area (Å²) in [6.07, 6.45) is -1.44. The van der Waals surface area contributed by atoms with Crippen LogP contribution in [0, 0.1) is 0 Å². The van der Waals surface area contributed by atoms with E-state index in [9.17, 15) is 13.2 Å². The molecule has 0 aliphatic carbocycles. The highest BCUT2D eigenvalue weighted by Gasteiger charge is 2.36. The second-order valence-electron chi connectivity index (χ2n) is 11.1. The summed E-state index contributed by atoms with van der Waals surface area (Å²) in [6.45, 7) is 11.0. The number of rotatable bonds is 8. The molecule has 1 atom stereocenters. The Bertz CT molecular complexity index is 1500. The van der Waals surface area contributed by atoms with Crippen LogP contribution < -0.4 is 4.90 Å². The van der Waals surface area contributed by atoms with Gasteiger partial charge in [-0.25, -0.2) is 9.67 Å². The van der Waals surface area contributed by atoms with Crippen molar-refractivity contribution >= 4 is 36.5 Å². The van der Waals surface area contributed by atoms with Gasteiger partial charge < -0.3 is 14.4 Å². The molecule has 0 spiro atoms. The third-order valence-electron chi connectivity index (χ3n) is 6.90. The van der Waals surface area contributed by atoms with Gasteiger partial charge in [0.1, 0.15) is 6.73 Å². The van der Waals surface area contributed by atoms with E-state index in [4.69, 9.17) is 26.1 Å². The molecule has 8 nitrogen and oxygen atoms in total. The molecule has 1 saturated heterocycles. The highest BCUT2D eigenvalue weighted by atomic mass is 35.5. The van der Waals surface area contributed by atoms with Crippen LogP contribution in [0.25, 0.3) is 28.0 Å². The first kappa shape index (κ1) is 28.6. The second-order valence-corrected chi connectivity index (χ2v) is 17.1. The Hall–Kier alpha value is -2.93. The minimum Gasteiger partial charge on any atom is -0.377 e. The Morgan fingerprint density at radius 2 is 1.93 bits per heavy atom. The highest BCUT2D eigenvalue weighted by molar-refractivity contribution is 6.76. The van der Waals surface area contributed by atoms with E-state index < -0.39 is 19.8 Å². The number of hydrogen-bond donors (Lipinski definition) is 0. The summed E-state index contributed by atoms with van der Waals surface area (Å²) in [6, 6.07) is 8.14. The molecule has 1 aliphatic heterocycles. The maximum Gasteiger partial charge on any atom is 0.417 e. The van der Waals surface area contributed by atoms with Crippen LogP contribution in [0.1, 0.15) is 12.5 Å². The normalized spacial score (nSPS) is 16.7. The van der Waals surface area contributed by atoms with Crippen molar-refractivity contribution in [2.75, 3.05) is 31.3 Å². The molecule has 0 radical (unpaired) electrons. The largest absolute Gasteiger partial charge is 0.417 e. The number of pyridine rings is 1. The lowest BCUT2D eigenvalue weighted by Crippen LogP contribution is -2.44. The number of benzene rings is 1. The first-order valence-electron chi connectivity index (χ1n) is 13.1. The van der Waals surface area contributed by atoms with Crippen LogP contribution >= 0.6 is 11.6 Å². The number of halogens is 4. The minimum atomic E-state index is -4.58. The molecule has 3 aromatic heterocycles. The molecule has 0 N–H and O–H groups in total. The van der Waals surface area contributed by atoms with Crippen LogP contribution in [0.4, 0.5) is 19.0 Å². The molecule has 0 amide bonds. The van der Waals surface area contributed by atoms with Gasteiger partial charge in [0.2, 0.25) is 0 Å². The fourth-order valence-corrected chi connectivity index (χ4v) is 5.86. The zero-order valence-electron chi connectivity index (χ0n) is 22.9. The summed E-state index contributed by atoms with van der Waals surface area (Å²) in [5.41, 5.74) is -0.206. The second kappa shape index (κ2) is 11.2. The van der Waals surface area contributed by atoms with Crippen LogP contribution in [0.15, 0.2) is 42.7 Å². The van der Waals surface area contributed by atoms with Crippen molar-refractivity contribution in [2.24, 2.45) is 0 Å². The Morgan fingerprint density at radius 1 is 1.15 bits per heavy atom. The number of nitrogens with zero attached hydrogens (tertiary/aromatic N) is 6. The first-order valence-corrected chi connectivity index (χ1v) is 17.2. The summed E-state index contributed by atoms with van der Waals surface area (Å²) < 4.78 is 57.2. The lowest BCUT2D eigenvalue weighted by molar-refractivity contribution is -0.137. The van der Waals surface area contributed by atoms with E-state index in [1.54, 1.807) is 27.7 Å². The molecule has 4 heterocycles. The summed E-state index contributed by atoms with van der Waals surface area (Å²) in [5.74, 6) is 0.963. The molecule has 4 aromatic rings. The first-order chi connectivity index (χ1) is 19.0. The van der Waals surface area contributed by atoms with Gasteiger partial charge in [-0.1, -0.05) is 49.4 Å². The van der Waals surface area contributed by atoms with Gasteiger partial charge >= 0.3 is 6.18 Å². The smallest absolute Gasteiger partial charge is 0.377 e. The van der Waals surface area contributed by atoms with E-state index in [-0.39, 0.29) is 28.9 Å². The Balaban J connectivity index is 1.66. The van der Waals surface area contributed by atoms with Gasteiger partial charge in [0, 0.05) is 38.2 Å². The van der Waals surface area contributed by atoms with Gasteiger partial charge in [-0.2, -0.15) is 28.1 Å². The molecule has 13 heteroatoms. The molecular formula is C27H32ClF3N6O2Si. The summed E-state index contributed by atoms with van der Waals surface area (Å²) in [7, 11) is -1.26. The van der Waals surface area contributed by atoms with Crippen LogP contribution in [-0.4, -0.2) is 65.0 Å². The quantitative estimate of drug-likeness (QED) is 0.172. The lowest BCUT2D eigenvalue weighted by atomic mass is 9.97. The van der Waals surface area contributed by atoms with Gasteiger partial charge in [-0.15, -0.1) is 0 Å². The molecule has 1 aliphatic rings. The van der Waals surface area contributed by atoms with Crippen molar-refractivity contribution in [1.82, 2.24) is 24.5 Å². The number of hydrogen-bond acceptors (Lipinski definition) is 6. The van der Waals surface area contributed by atoms with E-state index in [0.29, 0.717) is 49.0 Å². The summed E-state index contributed by atoms with van der Waals surface area (Å²) >= 11 is 6.95. The van der Waals surface area contributed by atoms with Gasteiger partial charge in [0.05, 0.1) is 42.2 Å². The monoisotopic (exact) mass is 592 g/mol. The van der Waals surface area contributed by atoms with Crippen LogP contribution in [0.3, 0.4) is 0 Å². The van der Waals surface area contributed by atoms with Gasteiger partial charge in [-0.05, 0) is 24.6 Å². The number of fused-ring (bicyclic) bond motifs is 1. The van der Waals surface area contributed by atoms with Gasteiger partial charge in [0.25, 0.3) is 0 Å². The number of ether oxygens (including phenoxy) is 2. The number of anilines is 1. The fourth-order valence-electron chi connectivity index (χ4n) is 4.75. The van der Waals surface area contributed by atoms with Crippen LogP contribution in [0.2, 0.25) is 30.7 Å². The van der Waals surface area contributed by atoms with Crippen molar-refractivity contribution < 1.29 is 22.6 Å².